The zero-order chi connectivity index (χ0) is 28.4. The van der Waals surface area contributed by atoms with E-state index in [1.807, 2.05) is 23.1 Å². The monoisotopic (exact) mass is 600 g/mol. The van der Waals surface area contributed by atoms with Crippen molar-refractivity contribution in [2.45, 2.75) is 35.6 Å². The highest BCUT2D eigenvalue weighted by Gasteiger charge is 2.28. The Morgan fingerprint density at radius 3 is 2.61 bits per heavy atom. The predicted octanol–water partition coefficient (Wildman–Crippen LogP) is 3.43. The molecule has 3 aliphatic rings. The van der Waals surface area contributed by atoms with E-state index in [0.717, 1.165) is 40.7 Å². The van der Waals surface area contributed by atoms with Crippen LogP contribution in [0.15, 0.2) is 46.5 Å². The molecule has 6 rings (SSSR count). The number of nitrogens with one attached hydrogen (secondary N) is 1. The summed E-state index contributed by atoms with van der Waals surface area (Å²) in [5.74, 6) is 1.74. The zero-order valence-electron chi connectivity index (χ0n) is 22.7. The van der Waals surface area contributed by atoms with Crippen molar-refractivity contribution in [1.29, 1.82) is 0 Å². The minimum Gasteiger partial charge on any atom is -0.488 e. The van der Waals surface area contributed by atoms with Gasteiger partial charge in [-0.05, 0) is 24.3 Å². The molecule has 11 nitrogen and oxygen atoms in total. The lowest BCUT2D eigenvalue weighted by molar-refractivity contribution is -0.135. The number of hydrogen-bond donors (Lipinski definition) is 1. The Balaban J connectivity index is 1.22. The summed E-state index contributed by atoms with van der Waals surface area (Å²) in [6, 6.07) is 8.75. The normalized spacial score (nSPS) is 20.3. The number of hydrogen-bond acceptors (Lipinski definition) is 10. The molecule has 0 aliphatic carbocycles. The molecule has 0 radical (unpaired) electrons. The van der Waals surface area contributed by atoms with E-state index >= 15 is 0 Å². The van der Waals surface area contributed by atoms with Gasteiger partial charge in [0.2, 0.25) is 5.91 Å². The van der Waals surface area contributed by atoms with Gasteiger partial charge >= 0.3 is 0 Å². The first kappa shape index (κ1) is 28.0. The van der Waals surface area contributed by atoms with Crippen molar-refractivity contribution in [1.82, 2.24) is 14.9 Å². The third-order valence-electron chi connectivity index (χ3n) is 7.17. The quantitative estimate of drug-likeness (QED) is 0.413. The topological polar surface area (TPSA) is 132 Å². The number of benzene rings is 1. The molecular formula is C28H32N4O7S2. The van der Waals surface area contributed by atoms with Crippen LogP contribution in [-0.4, -0.2) is 97.9 Å². The van der Waals surface area contributed by atoms with Crippen LogP contribution in [0.4, 0.5) is 0 Å². The maximum Gasteiger partial charge on any atom is 0.223 e. The van der Waals surface area contributed by atoms with Gasteiger partial charge in [0, 0.05) is 55.3 Å². The molecule has 3 aromatic rings. The second kappa shape index (κ2) is 12.0. The van der Waals surface area contributed by atoms with Crippen LogP contribution in [0, 0.1) is 0 Å². The molecule has 1 N–H and O–H groups in total. The average molecular weight is 601 g/mol. The lowest BCUT2D eigenvalue weighted by Gasteiger charge is -2.27. The van der Waals surface area contributed by atoms with E-state index < -0.39 is 9.84 Å². The fourth-order valence-corrected chi connectivity index (χ4v) is 6.65. The third-order valence-corrected chi connectivity index (χ3v) is 9.39. The highest BCUT2D eigenvalue weighted by Crippen LogP contribution is 2.37. The van der Waals surface area contributed by atoms with Gasteiger partial charge in [0.1, 0.15) is 28.4 Å². The van der Waals surface area contributed by atoms with Crippen molar-refractivity contribution >= 4 is 43.5 Å². The maximum atomic E-state index is 12.8. The smallest absolute Gasteiger partial charge is 0.223 e. The number of H-pyrrole nitrogens is 1. The molecule has 218 valence electrons. The number of aromatic nitrogens is 2. The maximum absolute atomic E-state index is 12.8. The summed E-state index contributed by atoms with van der Waals surface area (Å²) in [5.41, 5.74) is 1.69. The first-order valence-electron chi connectivity index (χ1n) is 13.6. The number of pyridine rings is 1. The molecule has 1 amide bonds. The van der Waals surface area contributed by atoms with Crippen LogP contribution in [0.1, 0.15) is 25.0 Å². The van der Waals surface area contributed by atoms with E-state index in [4.69, 9.17) is 23.9 Å². The predicted molar refractivity (Wildman–Crippen MR) is 155 cm³/mol. The lowest BCUT2D eigenvalue weighted by atomic mass is 10.1. The lowest BCUT2D eigenvalue weighted by Crippen LogP contribution is -2.41. The Kier molecular flexibility index (Phi) is 8.20. The van der Waals surface area contributed by atoms with Gasteiger partial charge in [0.05, 0.1) is 50.4 Å². The SMILES string of the molecule is CS(=O)(=O)c1ccc(Oc2cc(OC3CCOCC3)c3[nH]c(C4=NCC(CC(=O)N5CCOCC5)S4)cc3c2)cn1. The third kappa shape index (κ3) is 6.69. The summed E-state index contributed by atoms with van der Waals surface area (Å²) in [6.07, 6.45) is 4.55. The summed E-state index contributed by atoms with van der Waals surface area (Å²) in [4.78, 5) is 26.9. The van der Waals surface area contributed by atoms with Crippen LogP contribution in [-0.2, 0) is 24.1 Å². The van der Waals surface area contributed by atoms with Gasteiger partial charge in [0.15, 0.2) is 14.9 Å². The Bertz CT molecular complexity index is 1540. The van der Waals surface area contributed by atoms with Crippen LogP contribution >= 0.6 is 11.8 Å². The van der Waals surface area contributed by atoms with Gasteiger partial charge in [-0.25, -0.2) is 13.4 Å². The number of aromatic amines is 1. The largest absolute Gasteiger partial charge is 0.488 e. The number of sulfone groups is 1. The fourth-order valence-electron chi connectivity index (χ4n) is 5.02. The van der Waals surface area contributed by atoms with Crippen molar-refractivity contribution in [3.8, 4) is 17.2 Å². The molecule has 0 bridgehead atoms. The second-order valence-corrected chi connectivity index (χ2v) is 13.5. The van der Waals surface area contributed by atoms with E-state index in [9.17, 15) is 13.2 Å². The average Bonchev–Trinajstić information content (AvgIpc) is 3.61. The highest BCUT2D eigenvalue weighted by atomic mass is 32.2. The van der Waals surface area contributed by atoms with Gasteiger partial charge in [-0.1, -0.05) is 11.8 Å². The number of rotatable bonds is 8. The number of morpholine rings is 1. The van der Waals surface area contributed by atoms with E-state index in [-0.39, 0.29) is 22.3 Å². The van der Waals surface area contributed by atoms with Gasteiger partial charge < -0.3 is 28.8 Å². The van der Waals surface area contributed by atoms with Crippen LogP contribution < -0.4 is 9.47 Å². The van der Waals surface area contributed by atoms with Gasteiger partial charge in [-0.15, -0.1) is 0 Å². The summed E-state index contributed by atoms with van der Waals surface area (Å²) >= 11 is 1.62. The Morgan fingerprint density at radius 1 is 1.10 bits per heavy atom. The molecule has 2 fully saturated rings. The number of fused-ring (bicyclic) bond motifs is 1. The number of nitrogens with zero attached hydrogens (tertiary/aromatic N) is 3. The first-order valence-corrected chi connectivity index (χ1v) is 16.4. The number of aliphatic imine (C=N–C) groups is 1. The fraction of sp³-hybridized carbons (Fsp3) is 0.464. The van der Waals surface area contributed by atoms with Gasteiger partial charge in [0.25, 0.3) is 0 Å². The first-order chi connectivity index (χ1) is 19.8. The van der Waals surface area contributed by atoms with E-state index in [2.05, 4.69) is 9.97 Å². The number of amides is 1. The molecular weight excluding hydrogens is 568 g/mol. The van der Waals surface area contributed by atoms with Crippen LogP contribution in [0.2, 0.25) is 0 Å². The zero-order valence-corrected chi connectivity index (χ0v) is 24.3. The standard InChI is InChI=1S/C28H32N4O7S2/c1-41(34,35)25-3-2-20(16-29-25)38-21-12-18-13-23(31-27(18)24(14-21)39-19-4-8-36-9-5-19)28-30-17-22(40-28)15-26(33)32-6-10-37-11-7-32/h2-3,12-14,16,19,22,31H,4-11,15,17H2,1H3. The Morgan fingerprint density at radius 2 is 1.88 bits per heavy atom. The molecule has 5 heterocycles. The molecule has 1 atom stereocenters. The summed E-state index contributed by atoms with van der Waals surface area (Å²) < 4.78 is 46.9. The number of ether oxygens (including phenoxy) is 4. The van der Waals surface area contributed by atoms with Crippen molar-refractivity contribution in [2.24, 2.45) is 4.99 Å². The summed E-state index contributed by atoms with van der Waals surface area (Å²) in [7, 11) is -3.41. The summed E-state index contributed by atoms with van der Waals surface area (Å²) in [5, 5.41) is 1.82. The molecule has 3 aliphatic heterocycles. The van der Waals surface area contributed by atoms with Crippen molar-refractivity contribution < 1.29 is 32.2 Å². The number of carbonyl (C=O) groups excluding carboxylic acids is 1. The Labute approximate surface area is 242 Å². The van der Waals surface area contributed by atoms with Crippen LogP contribution in [0.3, 0.4) is 0 Å². The molecule has 0 spiro atoms. The van der Waals surface area contributed by atoms with Crippen molar-refractivity contribution in [2.75, 3.05) is 52.3 Å². The highest BCUT2D eigenvalue weighted by molar-refractivity contribution is 8.15. The van der Waals surface area contributed by atoms with Crippen molar-refractivity contribution in [3.05, 3.63) is 42.2 Å². The van der Waals surface area contributed by atoms with Gasteiger partial charge in [-0.2, -0.15) is 0 Å². The van der Waals surface area contributed by atoms with E-state index in [1.54, 1.807) is 17.8 Å². The Hall–Kier alpha value is -3.13. The number of carbonyl (C=O) groups is 1. The summed E-state index contributed by atoms with van der Waals surface area (Å²) in [6.45, 7) is 4.35. The van der Waals surface area contributed by atoms with Crippen LogP contribution in [0.25, 0.3) is 10.9 Å². The molecule has 1 aromatic carbocycles. The van der Waals surface area contributed by atoms with Crippen molar-refractivity contribution in [3.63, 3.8) is 0 Å². The van der Waals surface area contributed by atoms with Gasteiger partial charge in [-0.3, -0.25) is 9.79 Å². The van der Waals surface area contributed by atoms with E-state index in [1.165, 1.54) is 12.3 Å². The molecule has 13 heteroatoms. The molecule has 41 heavy (non-hydrogen) atoms. The molecule has 2 aromatic heterocycles. The minimum absolute atomic E-state index is 0.0124. The van der Waals surface area contributed by atoms with Crippen LogP contribution in [0.5, 0.6) is 17.2 Å². The number of thioether (sulfide) groups is 1. The molecule has 0 saturated carbocycles. The molecule has 1 unspecified atom stereocenters. The second-order valence-electron chi connectivity index (χ2n) is 10.3. The molecule has 2 saturated heterocycles. The minimum atomic E-state index is -3.41. The van der Waals surface area contributed by atoms with E-state index in [0.29, 0.717) is 69.7 Å².